The number of hydrogen-bond donors (Lipinski definition) is 1. The first-order valence-corrected chi connectivity index (χ1v) is 10.1. The zero-order chi connectivity index (χ0) is 16.7. The molecule has 23 heavy (non-hydrogen) atoms. The summed E-state index contributed by atoms with van der Waals surface area (Å²) in [5.74, 6) is 0.850. The van der Waals surface area contributed by atoms with Crippen molar-refractivity contribution in [2.24, 2.45) is 5.92 Å². The molecule has 1 amide bonds. The first kappa shape index (κ1) is 17.1. The molecule has 1 unspecified atom stereocenters. The van der Waals surface area contributed by atoms with Gasteiger partial charge >= 0.3 is 0 Å². The largest absolute Gasteiger partial charge is 0.369 e. The summed E-state index contributed by atoms with van der Waals surface area (Å²) >= 11 is 0. The molecule has 0 bridgehead atoms. The van der Waals surface area contributed by atoms with Crippen molar-refractivity contribution in [3.63, 3.8) is 0 Å². The second-order valence-corrected chi connectivity index (χ2v) is 9.17. The number of carbonyl (C=O) groups is 1. The number of hydrogen-bond acceptors (Lipinski definition) is 5. The molecule has 1 atom stereocenters. The van der Waals surface area contributed by atoms with Gasteiger partial charge in [-0.2, -0.15) is 4.31 Å². The molecule has 1 N–H and O–H groups in total. The number of sulfonamides is 1. The Labute approximate surface area is 138 Å². The van der Waals surface area contributed by atoms with E-state index in [1.165, 1.54) is 17.1 Å². The molecule has 8 heteroatoms. The van der Waals surface area contributed by atoms with Crippen LogP contribution in [0.15, 0.2) is 0 Å². The van der Waals surface area contributed by atoms with Gasteiger partial charge in [0.1, 0.15) is 11.6 Å². The monoisotopic (exact) mass is 345 g/mol. The van der Waals surface area contributed by atoms with Crippen LogP contribution in [0.1, 0.15) is 26.2 Å². The van der Waals surface area contributed by atoms with E-state index >= 15 is 0 Å². The minimum Gasteiger partial charge on any atom is -0.369 e. The van der Waals surface area contributed by atoms with Crippen molar-refractivity contribution in [1.82, 2.24) is 14.5 Å². The summed E-state index contributed by atoms with van der Waals surface area (Å²) in [7, 11) is -1.51. The molecule has 3 aliphatic rings. The molecule has 1 saturated carbocycles. The van der Waals surface area contributed by atoms with Gasteiger partial charge in [0.15, 0.2) is 0 Å². The first-order valence-electron chi connectivity index (χ1n) is 8.46. The fourth-order valence-corrected chi connectivity index (χ4v) is 5.13. The van der Waals surface area contributed by atoms with Gasteiger partial charge in [-0.1, -0.05) is 6.92 Å². The minimum atomic E-state index is -3.16. The van der Waals surface area contributed by atoms with Gasteiger partial charge in [-0.25, -0.2) is 8.42 Å². The summed E-state index contributed by atoms with van der Waals surface area (Å²) in [6.45, 7) is 4.59. The van der Waals surface area contributed by atoms with Crippen LogP contribution in [0.4, 0.5) is 0 Å². The highest BCUT2D eigenvalue weighted by molar-refractivity contribution is 7.89. The lowest BCUT2D eigenvalue weighted by Gasteiger charge is -2.54. The standard InChI is InChI=1S/C15H27N3O4S/c1-3-6-23(20,21)18-10-15(11-18)9-17(7-12-4-5-12)13(8-22-15)14(19)16-2/h12-13H,3-11H2,1-2H3,(H,16,19). The Morgan fingerprint density at radius 2 is 2.00 bits per heavy atom. The number of morpholine rings is 1. The quantitative estimate of drug-likeness (QED) is 0.711. The van der Waals surface area contributed by atoms with Gasteiger partial charge in [0, 0.05) is 33.2 Å². The summed E-state index contributed by atoms with van der Waals surface area (Å²) in [5.41, 5.74) is -0.430. The minimum absolute atomic E-state index is 0.0183. The Balaban J connectivity index is 1.64. The van der Waals surface area contributed by atoms with E-state index in [-0.39, 0.29) is 17.7 Å². The molecule has 2 heterocycles. The van der Waals surface area contributed by atoms with Gasteiger partial charge in [-0.15, -0.1) is 0 Å². The Kier molecular flexibility index (Phi) is 4.70. The maximum absolute atomic E-state index is 12.1. The molecule has 0 aromatic carbocycles. The van der Waals surface area contributed by atoms with Crippen molar-refractivity contribution in [3.05, 3.63) is 0 Å². The molecule has 0 aromatic heterocycles. The third kappa shape index (κ3) is 3.55. The van der Waals surface area contributed by atoms with E-state index in [4.69, 9.17) is 4.74 Å². The Bertz CT molecular complexity index is 555. The molecule has 7 nitrogen and oxygen atoms in total. The fourth-order valence-electron chi connectivity index (χ4n) is 3.49. The normalized spacial score (nSPS) is 28.5. The number of nitrogens with zero attached hydrogens (tertiary/aromatic N) is 2. The molecule has 0 aromatic rings. The van der Waals surface area contributed by atoms with Crippen molar-refractivity contribution >= 4 is 15.9 Å². The Morgan fingerprint density at radius 1 is 1.30 bits per heavy atom. The van der Waals surface area contributed by atoms with Crippen LogP contribution in [0.5, 0.6) is 0 Å². The van der Waals surface area contributed by atoms with Crippen LogP contribution in [-0.2, 0) is 19.6 Å². The number of nitrogens with one attached hydrogen (secondary N) is 1. The van der Waals surface area contributed by atoms with Gasteiger partial charge < -0.3 is 10.1 Å². The summed E-state index contributed by atoms with van der Waals surface area (Å²) in [4.78, 5) is 14.3. The molecule has 132 valence electrons. The lowest BCUT2D eigenvalue weighted by Crippen LogP contribution is -2.73. The number of ether oxygens (including phenoxy) is 1. The van der Waals surface area contributed by atoms with Gasteiger partial charge in [-0.05, 0) is 25.2 Å². The van der Waals surface area contributed by atoms with Crippen LogP contribution in [0.25, 0.3) is 0 Å². The van der Waals surface area contributed by atoms with E-state index in [9.17, 15) is 13.2 Å². The highest BCUT2D eigenvalue weighted by Crippen LogP contribution is 2.36. The van der Waals surface area contributed by atoms with Crippen LogP contribution < -0.4 is 5.32 Å². The molecule has 1 spiro atoms. The molecule has 3 fully saturated rings. The predicted octanol–water partition coefficient (Wildman–Crippen LogP) is -0.363. The van der Waals surface area contributed by atoms with Crippen molar-refractivity contribution in [3.8, 4) is 0 Å². The lowest BCUT2D eigenvalue weighted by molar-refractivity contribution is -0.185. The maximum Gasteiger partial charge on any atom is 0.239 e. The van der Waals surface area contributed by atoms with Crippen molar-refractivity contribution in [2.45, 2.75) is 37.8 Å². The second-order valence-electron chi connectivity index (χ2n) is 7.08. The first-order chi connectivity index (χ1) is 10.9. The zero-order valence-corrected chi connectivity index (χ0v) is 14.8. The molecule has 1 aliphatic carbocycles. The van der Waals surface area contributed by atoms with Crippen LogP contribution in [0, 0.1) is 5.92 Å². The van der Waals surface area contributed by atoms with Gasteiger partial charge in [0.25, 0.3) is 0 Å². The van der Waals surface area contributed by atoms with E-state index in [1.54, 1.807) is 7.05 Å². The van der Waals surface area contributed by atoms with Crippen LogP contribution in [-0.4, -0.2) is 80.8 Å². The summed E-state index contributed by atoms with van der Waals surface area (Å²) in [6, 6.07) is -0.257. The number of carbonyl (C=O) groups excluding carboxylic acids is 1. The Morgan fingerprint density at radius 3 is 2.57 bits per heavy atom. The molecule has 2 aliphatic heterocycles. The van der Waals surface area contributed by atoms with Gasteiger partial charge in [0.2, 0.25) is 15.9 Å². The number of likely N-dealkylation sites (N-methyl/N-ethyl adjacent to an activating group) is 1. The zero-order valence-electron chi connectivity index (χ0n) is 14.0. The van der Waals surface area contributed by atoms with E-state index in [0.717, 1.165) is 6.54 Å². The van der Waals surface area contributed by atoms with Crippen LogP contribution in [0.2, 0.25) is 0 Å². The van der Waals surface area contributed by atoms with Crippen LogP contribution >= 0.6 is 0 Å². The van der Waals surface area contributed by atoms with Gasteiger partial charge in [0.05, 0.1) is 12.4 Å². The smallest absolute Gasteiger partial charge is 0.239 e. The lowest BCUT2D eigenvalue weighted by atomic mass is 9.92. The third-order valence-corrected chi connectivity index (χ3v) is 6.97. The summed E-state index contributed by atoms with van der Waals surface area (Å²) < 4.78 is 31.7. The number of amides is 1. The SMILES string of the molecule is CCCS(=O)(=O)N1CC2(CN(CC3CC3)C(C(=O)NC)CO2)C1. The average Bonchev–Trinajstić information content (AvgIpc) is 3.27. The molecular weight excluding hydrogens is 318 g/mol. The molecule has 2 saturated heterocycles. The summed E-state index contributed by atoms with van der Waals surface area (Å²) in [5, 5.41) is 2.70. The summed E-state index contributed by atoms with van der Waals surface area (Å²) in [6.07, 6.45) is 3.07. The van der Waals surface area contributed by atoms with E-state index in [2.05, 4.69) is 10.2 Å². The maximum atomic E-state index is 12.1. The Hall–Kier alpha value is -0.700. The van der Waals surface area contributed by atoms with Crippen molar-refractivity contribution in [2.75, 3.05) is 45.6 Å². The van der Waals surface area contributed by atoms with E-state index < -0.39 is 15.6 Å². The molecular formula is C15H27N3O4S. The van der Waals surface area contributed by atoms with E-state index in [1.807, 2.05) is 6.92 Å². The fraction of sp³-hybridized carbons (Fsp3) is 0.933. The average molecular weight is 345 g/mol. The van der Waals surface area contributed by atoms with Crippen molar-refractivity contribution < 1.29 is 17.9 Å². The second kappa shape index (κ2) is 6.31. The van der Waals surface area contributed by atoms with E-state index in [0.29, 0.717) is 38.6 Å². The number of rotatable bonds is 6. The third-order valence-electron chi connectivity index (χ3n) is 5.00. The van der Waals surface area contributed by atoms with Crippen LogP contribution in [0.3, 0.4) is 0 Å². The highest BCUT2D eigenvalue weighted by Gasteiger charge is 2.53. The van der Waals surface area contributed by atoms with Crippen molar-refractivity contribution in [1.29, 1.82) is 0 Å². The molecule has 3 rings (SSSR count). The molecule has 0 radical (unpaired) electrons. The highest BCUT2D eigenvalue weighted by atomic mass is 32.2. The van der Waals surface area contributed by atoms with Gasteiger partial charge in [-0.3, -0.25) is 9.69 Å². The predicted molar refractivity (Wildman–Crippen MR) is 86.5 cm³/mol. The topological polar surface area (TPSA) is 79.0 Å².